The molecule has 1 fully saturated rings. The molecule has 0 radical (unpaired) electrons. The molecule has 0 aliphatic heterocycles. The van der Waals surface area contributed by atoms with Crippen molar-refractivity contribution >= 4 is 0 Å². The number of ether oxygens (including phenoxy) is 1. The van der Waals surface area contributed by atoms with E-state index in [0.29, 0.717) is 23.3 Å². The molecule has 6 heteroatoms. The van der Waals surface area contributed by atoms with Gasteiger partial charge in [-0.05, 0) is 25.0 Å². The van der Waals surface area contributed by atoms with E-state index in [0.717, 1.165) is 18.7 Å². The van der Waals surface area contributed by atoms with E-state index in [-0.39, 0.29) is 13.2 Å². The van der Waals surface area contributed by atoms with E-state index in [9.17, 15) is 0 Å². The van der Waals surface area contributed by atoms with Crippen LogP contribution in [0.1, 0.15) is 49.0 Å². The van der Waals surface area contributed by atoms with Crippen molar-refractivity contribution in [1.82, 2.24) is 15.1 Å². The summed E-state index contributed by atoms with van der Waals surface area (Å²) >= 11 is 0. The summed E-state index contributed by atoms with van der Waals surface area (Å²) in [6.45, 7) is 0.161. The Morgan fingerprint density at radius 1 is 1.30 bits per heavy atom. The Morgan fingerprint density at radius 2 is 2.15 bits per heavy atom. The van der Waals surface area contributed by atoms with E-state index in [1.807, 2.05) is 0 Å². The van der Waals surface area contributed by atoms with E-state index in [2.05, 4.69) is 15.1 Å². The lowest BCUT2D eigenvalue weighted by Crippen LogP contribution is -1.99. The fourth-order valence-electron chi connectivity index (χ4n) is 2.41. The zero-order chi connectivity index (χ0) is 13.8. The first-order chi connectivity index (χ1) is 9.85. The summed E-state index contributed by atoms with van der Waals surface area (Å²) in [4.78, 5) is 8.41. The van der Waals surface area contributed by atoms with Crippen LogP contribution >= 0.6 is 0 Å². The van der Waals surface area contributed by atoms with Crippen LogP contribution in [0.2, 0.25) is 0 Å². The third kappa shape index (κ3) is 2.96. The van der Waals surface area contributed by atoms with Crippen LogP contribution in [0.25, 0.3) is 0 Å². The van der Waals surface area contributed by atoms with Gasteiger partial charge in [0, 0.05) is 5.92 Å². The molecule has 3 rings (SSSR count). The van der Waals surface area contributed by atoms with Gasteiger partial charge < -0.3 is 14.4 Å². The average molecular weight is 275 g/mol. The van der Waals surface area contributed by atoms with Crippen molar-refractivity contribution < 1.29 is 14.4 Å². The number of pyridine rings is 1. The van der Waals surface area contributed by atoms with Gasteiger partial charge in [-0.3, -0.25) is 4.98 Å². The smallest absolute Gasteiger partial charge is 0.264 e. The molecular weight excluding hydrogens is 258 g/mol. The van der Waals surface area contributed by atoms with Gasteiger partial charge in [-0.1, -0.05) is 18.0 Å². The van der Waals surface area contributed by atoms with Gasteiger partial charge in [0.25, 0.3) is 5.89 Å². The van der Waals surface area contributed by atoms with E-state index in [1.165, 1.54) is 12.8 Å². The Morgan fingerprint density at radius 3 is 2.85 bits per heavy atom. The van der Waals surface area contributed by atoms with Crippen molar-refractivity contribution in [3.8, 4) is 5.75 Å². The molecule has 20 heavy (non-hydrogen) atoms. The Labute approximate surface area is 116 Å². The number of nitrogens with zero attached hydrogens (tertiary/aromatic N) is 3. The van der Waals surface area contributed by atoms with Crippen LogP contribution < -0.4 is 4.74 Å². The third-order valence-corrected chi connectivity index (χ3v) is 3.53. The van der Waals surface area contributed by atoms with Crippen molar-refractivity contribution in [3.05, 3.63) is 35.7 Å². The summed E-state index contributed by atoms with van der Waals surface area (Å²) in [7, 11) is 0. The third-order valence-electron chi connectivity index (χ3n) is 3.53. The van der Waals surface area contributed by atoms with Crippen LogP contribution in [0, 0.1) is 0 Å². The topological polar surface area (TPSA) is 81.3 Å². The highest BCUT2D eigenvalue weighted by Crippen LogP contribution is 2.32. The van der Waals surface area contributed by atoms with Crippen molar-refractivity contribution in [2.24, 2.45) is 0 Å². The SMILES string of the molecule is OCc1ccc(OCc2nc(C3CCCC3)no2)cn1. The van der Waals surface area contributed by atoms with E-state index in [4.69, 9.17) is 14.4 Å². The molecular formula is C14H17N3O3. The molecule has 0 atom stereocenters. The number of hydrogen-bond acceptors (Lipinski definition) is 6. The number of aromatic nitrogens is 3. The molecule has 1 aliphatic rings. The second-order valence-electron chi connectivity index (χ2n) is 4.96. The van der Waals surface area contributed by atoms with Gasteiger partial charge in [0.2, 0.25) is 0 Å². The van der Waals surface area contributed by atoms with Crippen LogP contribution in [-0.2, 0) is 13.2 Å². The fourth-order valence-corrected chi connectivity index (χ4v) is 2.41. The number of aliphatic hydroxyl groups excluding tert-OH is 1. The molecule has 0 unspecified atom stereocenters. The number of hydrogen-bond donors (Lipinski definition) is 1. The van der Waals surface area contributed by atoms with E-state index in [1.54, 1.807) is 18.3 Å². The fraction of sp³-hybridized carbons (Fsp3) is 0.500. The summed E-state index contributed by atoms with van der Waals surface area (Å²) in [6.07, 6.45) is 6.35. The summed E-state index contributed by atoms with van der Waals surface area (Å²) in [5.74, 6) is 2.34. The lowest BCUT2D eigenvalue weighted by atomic mass is 10.1. The predicted octanol–water partition coefficient (Wildman–Crippen LogP) is 2.19. The van der Waals surface area contributed by atoms with Gasteiger partial charge in [-0.15, -0.1) is 0 Å². The maximum atomic E-state index is 8.91. The monoisotopic (exact) mass is 275 g/mol. The van der Waals surface area contributed by atoms with Crippen molar-refractivity contribution in [3.63, 3.8) is 0 Å². The lowest BCUT2D eigenvalue weighted by molar-refractivity contribution is 0.240. The molecule has 0 bridgehead atoms. The van der Waals surface area contributed by atoms with Gasteiger partial charge in [-0.2, -0.15) is 4.98 Å². The summed E-state index contributed by atoms with van der Waals surface area (Å²) in [6, 6.07) is 3.47. The van der Waals surface area contributed by atoms with Crippen LogP contribution in [0.15, 0.2) is 22.9 Å². The van der Waals surface area contributed by atoms with Crippen LogP contribution in [-0.4, -0.2) is 20.2 Å². The predicted molar refractivity (Wildman–Crippen MR) is 70.0 cm³/mol. The molecule has 2 heterocycles. The van der Waals surface area contributed by atoms with Gasteiger partial charge in [0.05, 0.1) is 18.5 Å². The minimum absolute atomic E-state index is 0.0747. The molecule has 1 aliphatic carbocycles. The highest BCUT2D eigenvalue weighted by Gasteiger charge is 2.22. The quantitative estimate of drug-likeness (QED) is 0.900. The molecule has 0 amide bonds. The van der Waals surface area contributed by atoms with Crippen molar-refractivity contribution in [2.75, 3.05) is 0 Å². The molecule has 6 nitrogen and oxygen atoms in total. The first kappa shape index (κ1) is 13.1. The van der Waals surface area contributed by atoms with Crippen LogP contribution in [0.5, 0.6) is 5.75 Å². The minimum atomic E-state index is -0.0747. The molecule has 106 valence electrons. The first-order valence-electron chi connectivity index (χ1n) is 6.86. The van der Waals surface area contributed by atoms with Gasteiger partial charge >= 0.3 is 0 Å². The maximum absolute atomic E-state index is 8.91. The van der Waals surface area contributed by atoms with Crippen LogP contribution in [0.3, 0.4) is 0 Å². The zero-order valence-corrected chi connectivity index (χ0v) is 11.2. The number of rotatable bonds is 5. The maximum Gasteiger partial charge on any atom is 0.264 e. The summed E-state index contributed by atoms with van der Waals surface area (Å²) < 4.78 is 10.7. The van der Waals surface area contributed by atoms with E-state index >= 15 is 0 Å². The molecule has 0 saturated heterocycles. The Bertz CT molecular complexity index is 547. The van der Waals surface area contributed by atoms with Crippen molar-refractivity contribution in [1.29, 1.82) is 0 Å². The van der Waals surface area contributed by atoms with Crippen molar-refractivity contribution in [2.45, 2.75) is 44.8 Å². The van der Waals surface area contributed by atoms with Gasteiger partial charge in [-0.25, -0.2) is 0 Å². The minimum Gasteiger partial charge on any atom is -0.482 e. The molecule has 1 N–H and O–H groups in total. The molecule has 1 saturated carbocycles. The van der Waals surface area contributed by atoms with Gasteiger partial charge in [0.15, 0.2) is 12.4 Å². The normalized spacial score (nSPS) is 15.7. The zero-order valence-electron chi connectivity index (χ0n) is 11.2. The Kier molecular flexibility index (Phi) is 3.92. The largest absolute Gasteiger partial charge is 0.482 e. The average Bonchev–Trinajstić information content (AvgIpc) is 3.16. The highest BCUT2D eigenvalue weighted by molar-refractivity contribution is 5.19. The summed E-state index contributed by atoms with van der Waals surface area (Å²) in [5.41, 5.74) is 0.610. The standard InChI is InChI=1S/C14H17N3O3/c18-8-11-5-6-12(7-15-11)19-9-13-16-14(17-20-13)10-3-1-2-4-10/h5-7,10,18H,1-4,8-9H2. The van der Waals surface area contributed by atoms with Crippen LogP contribution in [0.4, 0.5) is 0 Å². The lowest BCUT2D eigenvalue weighted by Gasteiger charge is -2.03. The molecule has 2 aromatic heterocycles. The second-order valence-corrected chi connectivity index (χ2v) is 4.96. The highest BCUT2D eigenvalue weighted by atomic mass is 16.5. The Hall–Kier alpha value is -1.95. The van der Waals surface area contributed by atoms with E-state index < -0.39 is 0 Å². The van der Waals surface area contributed by atoms with Gasteiger partial charge in [0.1, 0.15) is 5.75 Å². The second kappa shape index (κ2) is 6.00. The first-order valence-corrected chi connectivity index (χ1v) is 6.86. The summed E-state index contributed by atoms with van der Waals surface area (Å²) in [5, 5.41) is 12.9. The molecule has 0 aromatic carbocycles. The Balaban J connectivity index is 1.57. The molecule has 0 spiro atoms. The number of aliphatic hydroxyl groups is 1. The molecule has 2 aromatic rings.